The zero-order valence-electron chi connectivity index (χ0n) is 12.5. The molecule has 2 heteroatoms. The molecule has 106 valence electrons. The van der Waals surface area contributed by atoms with Crippen LogP contribution in [0.25, 0.3) is 5.20 Å². The van der Waals surface area contributed by atoms with E-state index in [0.717, 1.165) is 19.3 Å². The zero-order chi connectivity index (χ0) is 14.4. The van der Waals surface area contributed by atoms with Gasteiger partial charge in [-0.05, 0) is 43.1 Å². The van der Waals surface area contributed by atoms with Crippen molar-refractivity contribution in [3.05, 3.63) is 66.8 Å². The normalized spacial score (nSPS) is 21.1. The van der Waals surface area contributed by atoms with Crippen molar-refractivity contribution in [3.63, 3.8) is 0 Å². The summed E-state index contributed by atoms with van der Waals surface area (Å²) in [4.78, 5) is 0. The van der Waals surface area contributed by atoms with Gasteiger partial charge in [0.1, 0.15) is 0 Å². The van der Waals surface area contributed by atoms with Crippen LogP contribution in [0.2, 0.25) is 13.1 Å². The third-order valence-corrected chi connectivity index (χ3v) is 6.31. The standard InChI is InChI=1S/C18H24OSi/c1-4-5-6-7-11-14-17-15-18(20(2,3)19-17)16-12-9-8-10-13-16/h4-6,8-10,12-13,15,17H,1,7,11,14H2,2-3H3/b6-5+. The summed E-state index contributed by atoms with van der Waals surface area (Å²) in [6, 6.07) is 10.7. The smallest absolute Gasteiger partial charge is 0.219 e. The van der Waals surface area contributed by atoms with E-state index in [9.17, 15) is 0 Å². The van der Waals surface area contributed by atoms with E-state index in [2.05, 4.69) is 62.2 Å². The third kappa shape index (κ3) is 3.81. The van der Waals surface area contributed by atoms with E-state index >= 15 is 0 Å². The van der Waals surface area contributed by atoms with Crippen LogP contribution in [0.15, 0.2) is 61.2 Å². The van der Waals surface area contributed by atoms with Gasteiger partial charge in [-0.2, -0.15) is 0 Å². The molecule has 0 radical (unpaired) electrons. The Balaban J connectivity index is 1.99. The van der Waals surface area contributed by atoms with Crippen LogP contribution < -0.4 is 0 Å². The first-order valence-corrected chi connectivity index (χ1v) is 10.3. The van der Waals surface area contributed by atoms with Crippen LogP contribution in [0.5, 0.6) is 0 Å². The highest BCUT2D eigenvalue weighted by molar-refractivity contribution is 6.90. The molecule has 0 bridgehead atoms. The van der Waals surface area contributed by atoms with Gasteiger partial charge >= 0.3 is 0 Å². The lowest BCUT2D eigenvalue weighted by Crippen LogP contribution is -2.30. The molecule has 1 atom stereocenters. The number of hydrogen-bond donors (Lipinski definition) is 0. The summed E-state index contributed by atoms with van der Waals surface area (Å²) in [7, 11) is -1.72. The molecule has 0 aliphatic carbocycles. The van der Waals surface area contributed by atoms with Crippen LogP contribution in [-0.4, -0.2) is 14.4 Å². The largest absolute Gasteiger partial charge is 0.407 e. The maximum Gasteiger partial charge on any atom is 0.219 e. The van der Waals surface area contributed by atoms with Gasteiger partial charge in [0.2, 0.25) is 8.32 Å². The molecular formula is C18H24OSi. The lowest BCUT2D eigenvalue weighted by molar-refractivity contribution is 0.243. The van der Waals surface area contributed by atoms with Crippen LogP contribution in [0.4, 0.5) is 0 Å². The Bertz CT molecular complexity index is 499. The van der Waals surface area contributed by atoms with E-state index in [4.69, 9.17) is 4.43 Å². The van der Waals surface area contributed by atoms with E-state index in [0.29, 0.717) is 6.10 Å². The van der Waals surface area contributed by atoms with E-state index in [1.54, 1.807) is 0 Å². The molecule has 20 heavy (non-hydrogen) atoms. The molecule has 0 aromatic heterocycles. The summed E-state index contributed by atoms with van der Waals surface area (Å²) < 4.78 is 6.32. The molecule has 1 aromatic carbocycles. The maximum absolute atomic E-state index is 6.32. The first-order chi connectivity index (χ1) is 9.63. The van der Waals surface area contributed by atoms with Crippen molar-refractivity contribution in [2.45, 2.75) is 38.5 Å². The maximum atomic E-state index is 6.32. The molecular weight excluding hydrogens is 260 g/mol. The Hall–Kier alpha value is -1.38. The van der Waals surface area contributed by atoms with Crippen molar-refractivity contribution in [1.29, 1.82) is 0 Å². The van der Waals surface area contributed by atoms with Crippen LogP contribution in [0, 0.1) is 0 Å². The predicted octanol–water partition coefficient (Wildman–Crippen LogP) is 5.13. The van der Waals surface area contributed by atoms with Gasteiger partial charge in [-0.15, -0.1) is 0 Å². The fraction of sp³-hybridized carbons (Fsp3) is 0.333. The van der Waals surface area contributed by atoms with E-state index in [1.807, 2.05) is 12.2 Å². The second-order valence-corrected chi connectivity index (χ2v) is 9.50. The number of benzene rings is 1. The quantitative estimate of drug-likeness (QED) is 0.400. The Morgan fingerprint density at radius 3 is 2.70 bits per heavy atom. The Kier molecular flexibility index (Phi) is 5.15. The summed E-state index contributed by atoms with van der Waals surface area (Å²) >= 11 is 0. The minimum Gasteiger partial charge on any atom is -0.407 e. The number of allylic oxidation sites excluding steroid dienone is 3. The van der Waals surface area contributed by atoms with Gasteiger partial charge in [0.05, 0.1) is 6.10 Å². The summed E-state index contributed by atoms with van der Waals surface area (Å²) in [6.45, 7) is 8.27. The van der Waals surface area contributed by atoms with Gasteiger partial charge in [-0.1, -0.05) is 61.2 Å². The molecule has 1 aliphatic heterocycles. The lowest BCUT2D eigenvalue weighted by Gasteiger charge is -2.21. The lowest BCUT2D eigenvalue weighted by atomic mass is 10.1. The van der Waals surface area contributed by atoms with Crippen molar-refractivity contribution < 1.29 is 4.43 Å². The highest BCUT2D eigenvalue weighted by Gasteiger charge is 2.37. The van der Waals surface area contributed by atoms with Gasteiger partial charge in [0.25, 0.3) is 0 Å². The van der Waals surface area contributed by atoms with Gasteiger partial charge in [-0.3, -0.25) is 0 Å². The summed E-state index contributed by atoms with van der Waals surface area (Å²) in [5.74, 6) is 0. The molecule has 0 saturated heterocycles. The highest BCUT2D eigenvalue weighted by Crippen LogP contribution is 2.35. The zero-order valence-corrected chi connectivity index (χ0v) is 13.5. The minimum atomic E-state index is -1.72. The van der Waals surface area contributed by atoms with E-state index in [-0.39, 0.29) is 0 Å². The Morgan fingerprint density at radius 1 is 1.25 bits per heavy atom. The van der Waals surface area contributed by atoms with Gasteiger partial charge in [0, 0.05) is 0 Å². The molecule has 1 nitrogen and oxygen atoms in total. The molecule has 1 aromatic rings. The van der Waals surface area contributed by atoms with Crippen molar-refractivity contribution in [3.8, 4) is 0 Å². The SMILES string of the molecule is C=C/C=C/CCCC1C=C(c2ccccc2)[Si](C)(C)O1. The molecule has 1 unspecified atom stereocenters. The van der Waals surface area contributed by atoms with Crippen molar-refractivity contribution in [2.75, 3.05) is 0 Å². The second-order valence-electron chi connectivity index (χ2n) is 5.71. The minimum absolute atomic E-state index is 0.295. The highest BCUT2D eigenvalue weighted by atomic mass is 28.4. The van der Waals surface area contributed by atoms with Crippen molar-refractivity contribution >= 4 is 13.5 Å². The number of rotatable bonds is 6. The second kappa shape index (κ2) is 6.87. The molecule has 2 rings (SSSR count). The first-order valence-electron chi connectivity index (χ1n) is 7.36. The fourth-order valence-electron chi connectivity index (χ4n) is 2.70. The molecule has 0 amide bonds. The molecule has 0 N–H and O–H groups in total. The average Bonchev–Trinajstić information content (AvgIpc) is 2.74. The van der Waals surface area contributed by atoms with Crippen LogP contribution in [0.3, 0.4) is 0 Å². The van der Waals surface area contributed by atoms with Crippen LogP contribution in [0.1, 0.15) is 24.8 Å². The predicted molar refractivity (Wildman–Crippen MR) is 90.0 cm³/mol. The van der Waals surface area contributed by atoms with Gasteiger partial charge in [0.15, 0.2) is 0 Å². The topological polar surface area (TPSA) is 9.23 Å². The molecule has 0 saturated carbocycles. The Morgan fingerprint density at radius 2 is 2.00 bits per heavy atom. The van der Waals surface area contributed by atoms with Crippen molar-refractivity contribution in [1.82, 2.24) is 0 Å². The van der Waals surface area contributed by atoms with E-state index < -0.39 is 8.32 Å². The molecule has 1 aliphatic rings. The fourth-order valence-corrected chi connectivity index (χ4v) is 5.21. The third-order valence-electron chi connectivity index (χ3n) is 3.66. The molecule has 0 fully saturated rings. The molecule has 1 heterocycles. The summed E-state index contributed by atoms with van der Waals surface area (Å²) in [6.07, 6.45) is 12.0. The Labute approximate surface area is 123 Å². The van der Waals surface area contributed by atoms with Gasteiger partial charge < -0.3 is 4.43 Å². The summed E-state index contributed by atoms with van der Waals surface area (Å²) in [5.41, 5.74) is 1.33. The first kappa shape index (κ1) is 15.0. The van der Waals surface area contributed by atoms with Crippen LogP contribution in [-0.2, 0) is 4.43 Å². The average molecular weight is 284 g/mol. The molecule has 0 spiro atoms. The van der Waals surface area contributed by atoms with E-state index in [1.165, 1.54) is 10.8 Å². The van der Waals surface area contributed by atoms with Gasteiger partial charge in [-0.25, -0.2) is 0 Å². The van der Waals surface area contributed by atoms with Crippen LogP contribution >= 0.6 is 0 Å². The monoisotopic (exact) mass is 284 g/mol. The number of unbranched alkanes of at least 4 members (excludes halogenated alkanes) is 1. The van der Waals surface area contributed by atoms with Crippen molar-refractivity contribution in [2.24, 2.45) is 0 Å². The number of hydrogen-bond acceptors (Lipinski definition) is 1. The summed E-state index contributed by atoms with van der Waals surface area (Å²) in [5, 5.41) is 1.45.